The zero-order valence-electron chi connectivity index (χ0n) is 14.6. The van der Waals surface area contributed by atoms with Gasteiger partial charge in [0.1, 0.15) is 9.71 Å². The van der Waals surface area contributed by atoms with Crippen LogP contribution in [0.4, 0.5) is 11.4 Å². The van der Waals surface area contributed by atoms with Crippen LogP contribution in [-0.2, 0) is 12.8 Å². The molecular formula is C20H19Cl2N3OS. The van der Waals surface area contributed by atoms with Gasteiger partial charge in [0.2, 0.25) is 0 Å². The number of benzene rings is 1. The molecule has 1 aliphatic rings. The summed E-state index contributed by atoms with van der Waals surface area (Å²) in [7, 11) is 0. The van der Waals surface area contributed by atoms with E-state index in [1.165, 1.54) is 36.2 Å². The number of rotatable bonds is 2. The highest BCUT2D eigenvalue weighted by Gasteiger charge is 2.21. The second-order valence-electron chi connectivity index (χ2n) is 6.76. The highest BCUT2D eigenvalue weighted by molar-refractivity contribution is 7.21. The third-order valence-corrected chi connectivity index (χ3v) is 6.65. The van der Waals surface area contributed by atoms with Crippen LogP contribution in [0.25, 0.3) is 10.2 Å². The van der Waals surface area contributed by atoms with Crippen molar-refractivity contribution in [2.45, 2.75) is 38.5 Å². The van der Waals surface area contributed by atoms with Crippen molar-refractivity contribution < 1.29 is 4.79 Å². The first kappa shape index (κ1) is 18.5. The number of pyridine rings is 1. The van der Waals surface area contributed by atoms with Crippen LogP contribution in [0.15, 0.2) is 24.3 Å². The maximum absolute atomic E-state index is 12.8. The summed E-state index contributed by atoms with van der Waals surface area (Å²) in [5.41, 5.74) is 9.57. The van der Waals surface area contributed by atoms with E-state index in [0.717, 1.165) is 35.2 Å². The second kappa shape index (κ2) is 7.66. The van der Waals surface area contributed by atoms with Crippen LogP contribution >= 0.6 is 34.5 Å². The van der Waals surface area contributed by atoms with Gasteiger partial charge in [-0.25, -0.2) is 4.98 Å². The van der Waals surface area contributed by atoms with Crippen LogP contribution in [0.1, 0.15) is 46.6 Å². The van der Waals surface area contributed by atoms with Gasteiger partial charge in [-0.1, -0.05) is 42.1 Å². The molecule has 0 unspecified atom stereocenters. The van der Waals surface area contributed by atoms with Gasteiger partial charge in [0, 0.05) is 11.1 Å². The highest BCUT2D eigenvalue weighted by atomic mass is 35.5. The van der Waals surface area contributed by atoms with Crippen molar-refractivity contribution in [1.82, 2.24) is 4.98 Å². The fraction of sp³-hybridized carbons (Fsp3) is 0.300. The van der Waals surface area contributed by atoms with Gasteiger partial charge in [0.05, 0.1) is 21.4 Å². The van der Waals surface area contributed by atoms with E-state index in [-0.39, 0.29) is 5.91 Å². The Morgan fingerprint density at radius 3 is 2.56 bits per heavy atom. The third kappa shape index (κ3) is 3.64. The van der Waals surface area contributed by atoms with Crippen molar-refractivity contribution in [3.05, 3.63) is 50.4 Å². The molecule has 1 amide bonds. The Morgan fingerprint density at radius 1 is 1.11 bits per heavy atom. The zero-order valence-corrected chi connectivity index (χ0v) is 17.0. The number of nitrogens with two attached hydrogens (primary N) is 1. The van der Waals surface area contributed by atoms with Crippen LogP contribution < -0.4 is 11.1 Å². The monoisotopic (exact) mass is 419 g/mol. The van der Waals surface area contributed by atoms with E-state index in [4.69, 9.17) is 33.9 Å². The molecule has 0 bridgehead atoms. The molecule has 0 spiro atoms. The highest BCUT2D eigenvalue weighted by Crippen LogP contribution is 2.37. The first-order valence-electron chi connectivity index (χ1n) is 9.00. The number of carbonyl (C=O) groups is 1. The topological polar surface area (TPSA) is 68.0 Å². The molecule has 7 heteroatoms. The molecule has 140 valence electrons. The fourth-order valence-electron chi connectivity index (χ4n) is 3.47. The Kier molecular flexibility index (Phi) is 5.26. The minimum Gasteiger partial charge on any atom is -0.397 e. The molecule has 1 aromatic carbocycles. The lowest BCUT2D eigenvalue weighted by Gasteiger charge is -2.12. The molecular weight excluding hydrogens is 401 g/mol. The molecule has 3 N–H and O–H groups in total. The van der Waals surface area contributed by atoms with E-state index in [0.29, 0.717) is 26.3 Å². The Hall–Kier alpha value is -1.82. The van der Waals surface area contributed by atoms with Crippen LogP contribution in [-0.4, -0.2) is 10.9 Å². The number of thiophene rings is 1. The molecule has 0 radical (unpaired) electrons. The molecule has 3 aromatic rings. The average molecular weight is 420 g/mol. The Morgan fingerprint density at radius 2 is 1.81 bits per heavy atom. The molecule has 2 heterocycles. The summed E-state index contributed by atoms with van der Waals surface area (Å²) in [6.45, 7) is 0. The molecule has 4 rings (SSSR count). The zero-order chi connectivity index (χ0) is 19.0. The maximum atomic E-state index is 12.8. The number of nitrogens with zero attached hydrogens (tertiary/aromatic N) is 1. The van der Waals surface area contributed by atoms with Crippen molar-refractivity contribution in [3.8, 4) is 0 Å². The number of fused-ring (bicyclic) bond motifs is 2. The van der Waals surface area contributed by atoms with Gasteiger partial charge in [-0.3, -0.25) is 4.79 Å². The number of halogens is 2. The maximum Gasteiger partial charge on any atom is 0.268 e. The van der Waals surface area contributed by atoms with Gasteiger partial charge < -0.3 is 11.1 Å². The third-order valence-electron chi connectivity index (χ3n) is 4.91. The van der Waals surface area contributed by atoms with E-state index in [1.807, 2.05) is 0 Å². The molecule has 4 nitrogen and oxygen atoms in total. The van der Waals surface area contributed by atoms with Crippen LogP contribution in [0.2, 0.25) is 10.0 Å². The van der Waals surface area contributed by atoms with Crippen LogP contribution in [0, 0.1) is 0 Å². The van der Waals surface area contributed by atoms with Crippen molar-refractivity contribution in [2.24, 2.45) is 0 Å². The number of hydrogen-bond donors (Lipinski definition) is 2. The van der Waals surface area contributed by atoms with Crippen molar-refractivity contribution >= 4 is 62.0 Å². The van der Waals surface area contributed by atoms with Crippen molar-refractivity contribution in [1.29, 1.82) is 0 Å². The van der Waals surface area contributed by atoms with E-state index in [9.17, 15) is 4.79 Å². The number of carbonyl (C=O) groups excluding carboxylic acids is 1. The van der Waals surface area contributed by atoms with Gasteiger partial charge >= 0.3 is 0 Å². The minimum absolute atomic E-state index is 0.321. The van der Waals surface area contributed by atoms with Gasteiger partial charge in [-0.05, 0) is 49.4 Å². The predicted octanol–water partition coefficient (Wildman–Crippen LogP) is 6.10. The summed E-state index contributed by atoms with van der Waals surface area (Å²) in [4.78, 5) is 18.9. The minimum atomic E-state index is -0.321. The number of aryl methyl sites for hydroxylation is 2. The Bertz CT molecular complexity index is 1010. The summed E-state index contributed by atoms with van der Waals surface area (Å²) in [6.07, 6.45) is 6.83. The molecule has 0 atom stereocenters. The molecule has 0 saturated carbocycles. The summed E-state index contributed by atoms with van der Waals surface area (Å²) in [6, 6.07) is 7.21. The molecule has 0 fully saturated rings. The Balaban J connectivity index is 1.71. The summed E-state index contributed by atoms with van der Waals surface area (Å²) < 4.78 is 0. The number of para-hydroxylation sites is 1. The molecule has 27 heavy (non-hydrogen) atoms. The smallest absolute Gasteiger partial charge is 0.268 e. The van der Waals surface area contributed by atoms with E-state index in [1.54, 1.807) is 18.2 Å². The summed E-state index contributed by atoms with van der Waals surface area (Å²) >= 11 is 13.6. The van der Waals surface area contributed by atoms with E-state index < -0.39 is 0 Å². The fourth-order valence-corrected chi connectivity index (χ4v) is 4.95. The van der Waals surface area contributed by atoms with Crippen LogP contribution in [0.3, 0.4) is 0 Å². The molecule has 1 aliphatic carbocycles. The average Bonchev–Trinajstić information content (AvgIpc) is 2.94. The Labute approximate surface area is 171 Å². The number of aromatic nitrogens is 1. The number of anilines is 2. The van der Waals surface area contributed by atoms with E-state index >= 15 is 0 Å². The van der Waals surface area contributed by atoms with Gasteiger partial charge in [0.25, 0.3) is 5.91 Å². The number of nitrogens with one attached hydrogen (secondary N) is 1. The van der Waals surface area contributed by atoms with Gasteiger partial charge in [0.15, 0.2) is 0 Å². The normalized spacial score (nSPS) is 14.4. The van der Waals surface area contributed by atoms with E-state index in [2.05, 4.69) is 11.4 Å². The molecule has 0 aliphatic heterocycles. The first-order valence-corrected chi connectivity index (χ1v) is 10.6. The van der Waals surface area contributed by atoms with Crippen molar-refractivity contribution in [2.75, 3.05) is 11.1 Å². The molecule has 2 aromatic heterocycles. The predicted molar refractivity (Wildman–Crippen MR) is 114 cm³/mol. The lowest BCUT2D eigenvalue weighted by Crippen LogP contribution is -2.12. The lowest BCUT2D eigenvalue weighted by molar-refractivity contribution is 0.103. The standard InChI is InChI=1S/C20H19Cl2N3OS/c21-13-7-5-8-14(22)17(13)25-19(26)18-16(23)12-10-11-6-3-1-2-4-9-15(11)24-20(12)27-18/h5,7-8,10H,1-4,6,9,23H2,(H,25,26). The first-order chi connectivity index (χ1) is 13.0. The lowest BCUT2D eigenvalue weighted by atomic mass is 9.96. The number of nitrogen functional groups attached to an aromatic ring is 1. The SMILES string of the molecule is Nc1c(C(=O)Nc2c(Cl)cccc2Cl)sc2nc3c(cc12)CCCCCC3. The van der Waals surface area contributed by atoms with Gasteiger partial charge in [-0.2, -0.15) is 0 Å². The van der Waals surface area contributed by atoms with Crippen LogP contribution in [0.5, 0.6) is 0 Å². The summed E-state index contributed by atoms with van der Waals surface area (Å²) in [5, 5.41) is 4.41. The largest absolute Gasteiger partial charge is 0.397 e. The quantitative estimate of drug-likeness (QED) is 0.527. The second-order valence-corrected chi connectivity index (χ2v) is 8.57. The van der Waals surface area contributed by atoms with Gasteiger partial charge in [-0.15, -0.1) is 11.3 Å². The summed E-state index contributed by atoms with van der Waals surface area (Å²) in [5.74, 6) is -0.321. The number of amides is 1. The van der Waals surface area contributed by atoms with Crippen molar-refractivity contribution in [3.63, 3.8) is 0 Å². The number of hydrogen-bond acceptors (Lipinski definition) is 4. The molecule has 0 saturated heterocycles.